The van der Waals surface area contributed by atoms with Gasteiger partial charge in [-0.3, -0.25) is 4.79 Å². The normalized spacial score (nSPS) is 16.2. The van der Waals surface area contributed by atoms with Gasteiger partial charge in [0.25, 0.3) is 0 Å². The third kappa shape index (κ3) is 2.20. The second-order valence-electron chi connectivity index (χ2n) is 5.26. The predicted octanol–water partition coefficient (Wildman–Crippen LogP) is 3.89. The van der Waals surface area contributed by atoms with Gasteiger partial charge in [0.15, 0.2) is 0 Å². The zero-order chi connectivity index (χ0) is 14.0. The number of anilines is 1. The van der Waals surface area contributed by atoms with E-state index in [2.05, 4.69) is 5.32 Å². The van der Waals surface area contributed by atoms with Crippen LogP contribution in [0.2, 0.25) is 0 Å². The first-order valence-electron chi connectivity index (χ1n) is 6.83. The highest BCUT2D eigenvalue weighted by atomic mass is 19.1. The number of rotatable bonds is 3. The van der Waals surface area contributed by atoms with Crippen LogP contribution in [0.3, 0.4) is 0 Å². The van der Waals surface area contributed by atoms with Crippen molar-refractivity contribution < 1.29 is 9.18 Å². The Kier molecular flexibility index (Phi) is 3.26. The molecule has 0 spiro atoms. The zero-order valence-corrected chi connectivity index (χ0v) is 11.1. The van der Waals surface area contributed by atoms with Crippen LogP contribution in [0.4, 0.5) is 10.1 Å². The molecule has 0 atom stereocenters. The second kappa shape index (κ2) is 5.08. The van der Waals surface area contributed by atoms with Gasteiger partial charge in [-0.1, -0.05) is 36.8 Å². The van der Waals surface area contributed by atoms with Gasteiger partial charge in [0.2, 0.25) is 5.91 Å². The summed E-state index contributed by atoms with van der Waals surface area (Å²) in [5.74, 6) is -0.270. The minimum Gasteiger partial charge on any atom is -0.325 e. The van der Waals surface area contributed by atoms with Crippen molar-refractivity contribution >= 4 is 11.6 Å². The van der Waals surface area contributed by atoms with Crippen molar-refractivity contribution in [3.05, 3.63) is 66.0 Å². The fourth-order valence-electron chi connectivity index (χ4n) is 2.72. The molecule has 2 aromatic carbocycles. The van der Waals surface area contributed by atoms with Gasteiger partial charge in [0, 0.05) is 5.69 Å². The number of carbonyl (C=O) groups is 1. The van der Waals surface area contributed by atoms with E-state index in [1.807, 2.05) is 30.3 Å². The van der Waals surface area contributed by atoms with Crippen LogP contribution >= 0.6 is 0 Å². The molecule has 3 rings (SSSR count). The summed E-state index contributed by atoms with van der Waals surface area (Å²) in [5, 5.41) is 2.97. The van der Waals surface area contributed by atoms with E-state index in [0.29, 0.717) is 0 Å². The molecule has 3 heteroatoms. The Hall–Kier alpha value is -2.16. The minimum absolute atomic E-state index is 0.00144. The molecule has 20 heavy (non-hydrogen) atoms. The topological polar surface area (TPSA) is 29.1 Å². The lowest BCUT2D eigenvalue weighted by Crippen LogP contribution is -2.46. The van der Waals surface area contributed by atoms with Crippen LogP contribution in [0.5, 0.6) is 0 Å². The van der Waals surface area contributed by atoms with Crippen molar-refractivity contribution in [2.45, 2.75) is 24.7 Å². The average molecular weight is 269 g/mol. The first-order chi connectivity index (χ1) is 9.71. The highest BCUT2D eigenvalue weighted by Gasteiger charge is 2.45. The maximum Gasteiger partial charge on any atom is 0.235 e. The predicted molar refractivity (Wildman–Crippen MR) is 77.0 cm³/mol. The van der Waals surface area contributed by atoms with Gasteiger partial charge in [-0.05, 0) is 42.7 Å². The minimum atomic E-state index is -0.496. The second-order valence-corrected chi connectivity index (χ2v) is 5.26. The number of amides is 1. The van der Waals surface area contributed by atoms with Gasteiger partial charge in [-0.25, -0.2) is 4.39 Å². The molecule has 1 saturated carbocycles. The van der Waals surface area contributed by atoms with Crippen molar-refractivity contribution in [2.75, 3.05) is 5.32 Å². The average Bonchev–Trinajstić information content (AvgIpc) is 2.41. The fraction of sp³-hybridized carbons (Fsp3) is 0.235. The summed E-state index contributed by atoms with van der Waals surface area (Å²) in [6.45, 7) is 0. The van der Waals surface area contributed by atoms with Crippen LogP contribution in [0.15, 0.2) is 54.6 Å². The molecule has 0 unspecified atom stereocenters. The fourth-order valence-corrected chi connectivity index (χ4v) is 2.72. The molecular formula is C17H16FNO. The molecule has 1 aliphatic carbocycles. The third-order valence-electron chi connectivity index (χ3n) is 4.07. The van der Waals surface area contributed by atoms with Gasteiger partial charge in [-0.2, -0.15) is 0 Å². The molecule has 102 valence electrons. The standard InChI is InChI=1S/C17H16FNO/c18-14-9-7-13(8-10-14)17(11-4-12-17)16(20)19-15-5-2-1-3-6-15/h1-3,5-10H,4,11-12H2,(H,19,20). The Bertz CT molecular complexity index is 603. The van der Waals surface area contributed by atoms with Gasteiger partial charge >= 0.3 is 0 Å². The van der Waals surface area contributed by atoms with Crippen LogP contribution in [0.25, 0.3) is 0 Å². The number of benzene rings is 2. The summed E-state index contributed by atoms with van der Waals surface area (Å²) in [7, 11) is 0. The number of halogens is 1. The van der Waals surface area contributed by atoms with Gasteiger partial charge < -0.3 is 5.32 Å². The number of nitrogens with one attached hydrogen (secondary N) is 1. The lowest BCUT2D eigenvalue weighted by molar-refractivity contribution is -0.124. The summed E-state index contributed by atoms with van der Waals surface area (Å²) in [6, 6.07) is 15.7. The van der Waals surface area contributed by atoms with Crippen molar-refractivity contribution in [1.82, 2.24) is 0 Å². The summed E-state index contributed by atoms with van der Waals surface area (Å²) in [4.78, 5) is 12.6. The summed E-state index contributed by atoms with van der Waals surface area (Å²) in [6.07, 6.45) is 2.66. The molecule has 0 aromatic heterocycles. The van der Waals surface area contributed by atoms with Gasteiger partial charge in [-0.15, -0.1) is 0 Å². The van der Waals surface area contributed by atoms with Crippen molar-refractivity contribution in [3.63, 3.8) is 0 Å². The number of hydrogen-bond donors (Lipinski definition) is 1. The monoisotopic (exact) mass is 269 g/mol. The highest BCUT2D eigenvalue weighted by molar-refractivity contribution is 5.99. The lowest BCUT2D eigenvalue weighted by Gasteiger charge is -2.40. The van der Waals surface area contributed by atoms with Crippen molar-refractivity contribution in [1.29, 1.82) is 0 Å². The number of hydrogen-bond acceptors (Lipinski definition) is 1. The van der Waals surface area contributed by atoms with E-state index in [1.54, 1.807) is 12.1 Å². The Labute approximate surface area is 117 Å². The maximum absolute atomic E-state index is 13.0. The van der Waals surface area contributed by atoms with Crippen LogP contribution in [0, 0.1) is 5.82 Å². The smallest absolute Gasteiger partial charge is 0.235 e. The molecular weight excluding hydrogens is 253 g/mol. The molecule has 1 aliphatic rings. The quantitative estimate of drug-likeness (QED) is 0.900. The molecule has 0 aliphatic heterocycles. The zero-order valence-electron chi connectivity index (χ0n) is 11.1. The van der Waals surface area contributed by atoms with E-state index in [9.17, 15) is 9.18 Å². The van der Waals surface area contributed by atoms with Crippen molar-refractivity contribution in [2.24, 2.45) is 0 Å². The summed E-state index contributed by atoms with van der Waals surface area (Å²) >= 11 is 0. The van der Waals surface area contributed by atoms with Crippen LogP contribution < -0.4 is 5.32 Å². The highest BCUT2D eigenvalue weighted by Crippen LogP contribution is 2.44. The third-order valence-corrected chi connectivity index (χ3v) is 4.07. The molecule has 0 heterocycles. The van der Waals surface area contributed by atoms with E-state index in [4.69, 9.17) is 0 Å². The molecule has 2 nitrogen and oxygen atoms in total. The molecule has 0 bridgehead atoms. The maximum atomic E-state index is 13.0. The largest absolute Gasteiger partial charge is 0.325 e. The lowest BCUT2D eigenvalue weighted by atomic mass is 9.64. The van der Waals surface area contributed by atoms with E-state index in [1.165, 1.54) is 12.1 Å². The van der Waals surface area contributed by atoms with Crippen LogP contribution in [-0.2, 0) is 10.2 Å². The van der Waals surface area contributed by atoms with Gasteiger partial charge in [0.05, 0.1) is 5.41 Å². The van der Waals surface area contributed by atoms with E-state index < -0.39 is 5.41 Å². The Morgan fingerprint density at radius 1 is 1.00 bits per heavy atom. The van der Waals surface area contributed by atoms with Crippen molar-refractivity contribution in [3.8, 4) is 0 Å². The van der Waals surface area contributed by atoms with E-state index in [-0.39, 0.29) is 11.7 Å². The summed E-state index contributed by atoms with van der Waals surface area (Å²) in [5.41, 5.74) is 1.20. The Balaban J connectivity index is 1.85. The van der Waals surface area contributed by atoms with E-state index in [0.717, 1.165) is 30.5 Å². The Morgan fingerprint density at radius 2 is 1.65 bits per heavy atom. The molecule has 0 radical (unpaired) electrons. The molecule has 1 amide bonds. The molecule has 1 fully saturated rings. The van der Waals surface area contributed by atoms with Gasteiger partial charge in [0.1, 0.15) is 5.82 Å². The van der Waals surface area contributed by atoms with E-state index >= 15 is 0 Å². The summed E-state index contributed by atoms with van der Waals surface area (Å²) < 4.78 is 13.0. The molecule has 0 saturated heterocycles. The van der Waals surface area contributed by atoms with Crippen LogP contribution in [0.1, 0.15) is 24.8 Å². The first-order valence-corrected chi connectivity index (χ1v) is 6.83. The first kappa shape index (κ1) is 12.9. The Morgan fingerprint density at radius 3 is 2.20 bits per heavy atom. The molecule has 2 aromatic rings. The number of carbonyl (C=O) groups excluding carboxylic acids is 1. The SMILES string of the molecule is O=C(Nc1ccccc1)C1(c2ccc(F)cc2)CCC1. The number of para-hydroxylation sites is 1. The van der Waals surface area contributed by atoms with Crippen LogP contribution in [-0.4, -0.2) is 5.91 Å². The molecule has 1 N–H and O–H groups in total.